The molecule has 0 aromatic heterocycles. The van der Waals surface area contributed by atoms with Crippen LogP contribution in [0.3, 0.4) is 0 Å². The number of oxime groups is 1. The van der Waals surface area contributed by atoms with Gasteiger partial charge in [0, 0.05) is 11.6 Å². The van der Waals surface area contributed by atoms with E-state index in [-0.39, 0.29) is 11.7 Å². The Labute approximate surface area is 116 Å². The summed E-state index contributed by atoms with van der Waals surface area (Å²) in [6.07, 6.45) is 2.15. The van der Waals surface area contributed by atoms with Crippen molar-refractivity contribution in [3.05, 3.63) is 34.9 Å². The van der Waals surface area contributed by atoms with Crippen LogP contribution in [0.15, 0.2) is 29.4 Å². The quantitative estimate of drug-likeness (QED) is 0.341. The molecule has 1 aliphatic carbocycles. The minimum absolute atomic E-state index is 0.00708. The molecule has 2 rings (SSSR count). The molecule has 0 radical (unpaired) electrons. The van der Waals surface area contributed by atoms with Crippen molar-refractivity contribution in [3.63, 3.8) is 0 Å². The van der Waals surface area contributed by atoms with Gasteiger partial charge >= 0.3 is 0 Å². The van der Waals surface area contributed by atoms with E-state index in [0.29, 0.717) is 24.4 Å². The van der Waals surface area contributed by atoms with Crippen LogP contribution in [0.25, 0.3) is 0 Å². The Morgan fingerprint density at radius 2 is 2.05 bits per heavy atom. The van der Waals surface area contributed by atoms with Crippen molar-refractivity contribution >= 4 is 23.3 Å². The van der Waals surface area contributed by atoms with E-state index < -0.39 is 5.41 Å². The number of hydrogen-bond donors (Lipinski definition) is 3. The first-order valence-corrected chi connectivity index (χ1v) is 6.47. The van der Waals surface area contributed by atoms with Crippen molar-refractivity contribution in [1.82, 2.24) is 5.32 Å². The first-order valence-electron chi connectivity index (χ1n) is 6.09. The number of carbonyl (C=O) groups excluding carboxylic acids is 1. The van der Waals surface area contributed by atoms with Crippen LogP contribution in [-0.2, 0) is 11.3 Å². The average molecular weight is 282 g/mol. The minimum Gasteiger partial charge on any atom is -0.409 e. The zero-order valence-corrected chi connectivity index (χ0v) is 11.2. The molecule has 0 spiro atoms. The summed E-state index contributed by atoms with van der Waals surface area (Å²) >= 11 is 5.79. The molecule has 1 amide bonds. The third-order valence-electron chi connectivity index (χ3n) is 3.61. The molecule has 0 saturated heterocycles. The van der Waals surface area contributed by atoms with E-state index in [9.17, 15) is 4.79 Å². The van der Waals surface area contributed by atoms with Gasteiger partial charge in [0.2, 0.25) is 5.91 Å². The van der Waals surface area contributed by atoms with Gasteiger partial charge in [0.05, 0.1) is 0 Å². The van der Waals surface area contributed by atoms with Crippen LogP contribution < -0.4 is 11.1 Å². The van der Waals surface area contributed by atoms with Gasteiger partial charge < -0.3 is 16.3 Å². The molecule has 0 aliphatic heterocycles. The van der Waals surface area contributed by atoms with Crippen LogP contribution in [-0.4, -0.2) is 17.0 Å². The summed E-state index contributed by atoms with van der Waals surface area (Å²) in [4.78, 5) is 12.2. The van der Waals surface area contributed by atoms with Crippen molar-refractivity contribution < 1.29 is 10.0 Å². The number of rotatable bonds is 4. The molecule has 1 aromatic carbocycles. The number of amides is 1. The number of nitrogens with zero attached hydrogens (tertiary/aromatic N) is 1. The van der Waals surface area contributed by atoms with E-state index in [1.54, 1.807) is 12.1 Å². The lowest BCUT2D eigenvalue weighted by Crippen LogP contribution is -2.53. The monoisotopic (exact) mass is 281 g/mol. The Morgan fingerprint density at radius 1 is 1.42 bits per heavy atom. The molecule has 1 fully saturated rings. The molecule has 19 heavy (non-hydrogen) atoms. The lowest BCUT2D eigenvalue weighted by molar-refractivity contribution is -0.131. The average Bonchev–Trinajstić information content (AvgIpc) is 2.36. The van der Waals surface area contributed by atoms with Crippen LogP contribution in [0, 0.1) is 5.41 Å². The Balaban J connectivity index is 1.99. The van der Waals surface area contributed by atoms with Crippen molar-refractivity contribution in [2.24, 2.45) is 16.3 Å². The topological polar surface area (TPSA) is 87.7 Å². The lowest BCUT2D eigenvalue weighted by atomic mass is 9.67. The third-order valence-corrected chi connectivity index (χ3v) is 3.86. The highest BCUT2D eigenvalue weighted by atomic mass is 35.5. The van der Waals surface area contributed by atoms with Crippen molar-refractivity contribution in [2.45, 2.75) is 25.8 Å². The summed E-state index contributed by atoms with van der Waals surface area (Å²) in [6.45, 7) is 0.399. The molecule has 1 aliphatic rings. The number of benzene rings is 1. The summed E-state index contributed by atoms with van der Waals surface area (Å²) in [6, 6.07) is 7.23. The second-order valence-corrected chi connectivity index (χ2v) is 5.17. The van der Waals surface area contributed by atoms with Gasteiger partial charge in [-0.15, -0.1) is 0 Å². The van der Waals surface area contributed by atoms with Crippen molar-refractivity contribution in [2.75, 3.05) is 0 Å². The highest BCUT2D eigenvalue weighted by molar-refractivity contribution is 6.30. The van der Waals surface area contributed by atoms with Crippen LogP contribution in [0.2, 0.25) is 5.02 Å². The van der Waals surface area contributed by atoms with Gasteiger partial charge in [0.1, 0.15) is 5.41 Å². The molecule has 6 heteroatoms. The first-order chi connectivity index (χ1) is 9.08. The molecule has 0 atom stereocenters. The summed E-state index contributed by atoms with van der Waals surface area (Å²) in [5, 5.41) is 15.2. The standard InChI is InChI=1S/C13H16ClN3O2/c14-10-4-2-9(3-5-10)8-16-12(18)13(6-1-7-13)11(15)17-19/h2-5,19H,1,6-8H2,(H2,15,17)(H,16,18). The maximum absolute atomic E-state index is 12.2. The molecule has 4 N–H and O–H groups in total. The second kappa shape index (κ2) is 5.48. The maximum atomic E-state index is 12.2. The van der Waals surface area contributed by atoms with Gasteiger partial charge in [-0.3, -0.25) is 4.79 Å². The highest BCUT2D eigenvalue weighted by Crippen LogP contribution is 2.41. The number of nitrogens with two attached hydrogens (primary N) is 1. The largest absolute Gasteiger partial charge is 0.409 e. The Morgan fingerprint density at radius 3 is 2.53 bits per heavy atom. The number of nitrogens with one attached hydrogen (secondary N) is 1. The molecule has 1 saturated carbocycles. The fraction of sp³-hybridized carbons (Fsp3) is 0.385. The van der Waals surface area contributed by atoms with Gasteiger partial charge in [-0.2, -0.15) is 0 Å². The van der Waals surface area contributed by atoms with Crippen molar-refractivity contribution in [3.8, 4) is 0 Å². The fourth-order valence-corrected chi connectivity index (χ4v) is 2.31. The summed E-state index contributed by atoms with van der Waals surface area (Å²) in [7, 11) is 0. The van der Waals surface area contributed by atoms with Gasteiger partial charge in [-0.1, -0.05) is 35.3 Å². The zero-order valence-electron chi connectivity index (χ0n) is 10.4. The van der Waals surface area contributed by atoms with Gasteiger partial charge in [-0.05, 0) is 30.5 Å². The minimum atomic E-state index is -0.832. The number of amidine groups is 1. The molecule has 1 aromatic rings. The molecular weight excluding hydrogens is 266 g/mol. The predicted octanol–water partition coefficient (Wildman–Crippen LogP) is 1.87. The van der Waals surface area contributed by atoms with Gasteiger partial charge in [-0.25, -0.2) is 0 Å². The molecule has 0 bridgehead atoms. The summed E-state index contributed by atoms with van der Waals surface area (Å²) in [5.41, 5.74) is 5.74. The van der Waals surface area contributed by atoms with E-state index in [4.69, 9.17) is 22.5 Å². The molecule has 5 nitrogen and oxygen atoms in total. The Bertz CT molecular complexity index is 495. The van der Waals surface area contributed by atoms with E-state index in [2.05, 4.69) is 10.5 Å². The number of halogens is 1. The van der Waals surface area contributed by atoms with E-state index in [1.165, 1.54) is 0 Å². The van der Waals surface area contributed by atoms with E-state index >= 15 is 0 Å². The van der Waals surface area contributed by atoms with Crippen LogP contribution in [0.1, 0.15) is 24.8 Å². The Kier molecular flexibility index (Phi) is 3.95. The molecular formula is C13H16ClN3O2. The van der Waals surface area contributed by atoms with Crippen LogP contribution in [0.4, 0.5) is 0 Å². The Hall–Kier alpha value is -1.75. The third kappa shape index (κ3) is 2.66. The molecule has 0 unspecified atom stereocenters. The zero-order chi connectivity index (χ0) is 13.9. The van der Waals surface area contributed by atoms with Crippen molar-refractivity contribution in [1.29, 1.82) is 0 Å². The van der Waals surface area contributed by atoms with E-state index in [0.717, 1.165) is 12.0 Å². The fourth-order valence-electron chi connectivity index (χ4n) is 2.18. The normalized spacial score (nSPS) is 17.6. The maximum Gasteiger partial charge on any atom is 0.234 e. The SMILES string of the molecule is N/C(=N/O)C1(C(=O)NCc2ccc(Cl)cc2)CCC1. The predicted molar refractivity (Wildman–Crippen MR) is 73.0 cm³/mol. The van der Waals surface area contributed by atoms with Crippen LogP contribution in [0.5, 0.6) is 0 Å². The number of carbonyl (C=O) groups is 1. The lowest BCUT2D eigenvalue weighted by Gasteiger charge is -2.38. The second-order valence-electron chi connectivity index (χ2n) is 4.73. The van der Waals surface area contributed by atoms with Gasteiger partial charge in [0.15, 0.2) is 5.84 Å². The van der Waals surface area contributed by atoms with E-state index in [1.807, 2.05) is 12.1 Å². The smallest absolute Gasteiger partial charge is 0.234 e. The number of hydrogen-bond acceptors (Lipinski definition) is 3. The summed E-state index contributed by atoms with van der Waals surface area (Å²) < 4.78 is 0. The molecule has 0 heterocycles. The van der Waals surface area contributed by atoms with Gasteiger partial charge in [0.25, 0.3) is 0 Å². The van der Waals surface area contributed by atoms with Crippen LogP contribution >= 0.6 is 11.6 Å². The highest BCUT2D eigenvalue weighted by Gasteiger charge is 2.48. The molecule has 102 valence electrons. The summed E-state index contributed by atoms with van der Waals surface area (Å²) in [5.74, 6) is -0.198. The first kappa shape index (κ1) is 13.7.